The lowest BCUT2D eigenvalue weighted by atomic mass is 10.2. The van der Waals surface area contributed by atoms with Crippen LogP contribution in [0.25, 0.3) is 0 Å². The molecule has 21 heavy (non-hydrogen) atoms. The van der Waals surface area contributed by atoms with E-state index in [1.54, 1.807) is 24.3 Å². The van der Waals surface area contributed by atoms with Crippen LogP contribution in [0.3, 0.4) is 0 Å². The summed E-state index contributed by atoms with van der Waals surface area (Å²) < 4.78 is 5.09. The van der Waals surface area contributed by atoms with Crippen LogP contribution in [-0.4, -0.2) is 42.1 Å². The summed E-state index contributed by atoms with van der Waals surface area (Å²) in [5.41, 5.74) is 0.633. The summed E-state index contributed by atoms with van der Waals surface area (Å²) in [5, 5.41) is 4.59. The van der Waals surface area contributed by atoms with Gasteiger partial charge in [0.1, 0.15) is 5.76 Å². The Balaban J connectivity index is 1.64. The zero-order valence-corrected chi connectivity index (χ0v) is 12.5. The third-order valence-electron chi connectivity index (χ3n) is 3.58. The summed E-state index contributed by atoms with van der Waals surface area (Å²) in [7, 11) is 0. The molecule has 3 rings (SSSR count). The predicted octanol–water partition coefficient (Wildman–Crippen LogP) is 2.60. The largest absolute Gasteiger partial charge is 0.360 e. The van der Waals surface area contributed by atoms with E-state index >= 15 is 0 Å². The van der Waals surface area contributed by atoms with E-state index in [-0.39, 0.29) is 5.91 Å². The van der Waals surface area contributed by atoms with Gasteiger partial charge in [-0.15, -0.1) is 0 Å². The normalized spacial score (nSPS) is 15.3. The van der Waals surface area contributed by atoms with Crippen molar-refractivity contribution in [3.05, 3.63) is 46.7 Å². The highest BCUT2D eigenvalue weighted by molar-refractivity contribution is 6.30. The van der Waals surface area contributed by atoms with Crippen LogP contribution in [0.4, 0.5) is 5.82 Å². The summed E-state index contributed by atoms with van der Waals surface area (Å²) in [5.74, 6) is 1.65. The number of anilines is 1. The van der Waals surface area contributed by atoms with E-state index in [1.165, 1.54) is 0 Å². The highest BCUT2D eigenvalue weighted by atomic mass is 35.5. The molecule has 0 spiro atoms. The zero-order valence-electron chi connectivity index (χ0n) is 11.8. The first kappa shape index (κ1) is 13.9. The lowest BCUT2D eigenvalue weighted by Crippen LogP contribution is -2.48. The Labute approximate surface area is 128 Å². The number of halogens is 1. The molecule has 1 aromatic heterocycles. The molecular weight excluding hydrogens is 290 g/mol. The van der Waals surface area contributed by atoms with Gasteiger partial charge in [0.05, 0.1) is 0 Å². The van der Waals surface area contributed by atoms with Crippen molar-refractivity contribution in [2.45, 2.75) is 6.92 Å². The van der Waals surface area contributed by atoms with E-state index < -0.39 is 0 Å². The van der Waals surface area contributed by atoms with Gasteiger partial charge < -0.3 is 14.3 Å². The first-order valence-electron chi connectivity index (χ1n) is 6.86. The fourth-order valence-electron chi connectivity index (χ4n) is 2.45. The number of piperazine rings is 1. The van der Waals surface area contributed by atoms with Crippen molar-refractivity contribution in [2.24, 2.45) is 0 Å². The second-order valence-corrected chi connectivity index (χ2v) is 5.52. The Morgan fingerprint density at radius 2 is 2.00 bits per heavy atom. The van der Waals surface area contributed by atoms with E-state index in [9.17, 15) is 4.79 Å². The van der Waals surface area contributed by atoms with Gasteiger partial charge in [0.2, 0.25) is 0 Å². The average Bonchev–Trinajstić information content (AvgIpc) is 2.93. The van der Waals surface area contributed by atoms with Crippen molar-refractivity contribution >= 4 is 23.3 Å². The number of amides is 1. The van der Waals surface area contributed by atoms with Crippen LogP contribution < -0.4 is 4.90 Å². The lowest BCUT2D eigenvalue weighted by Gasteiger charge is -2.34. The van der Waals surface area contributed by atoms with Crippen LogP contribution in [0, 0.1) is 6.92 Å². The fraction of sp³-hybridized carbons (Fsp3) is 0.333. The molecule has 1 aromatic carbocycles. The van der Waals surface area contributed by atoms with Crippen molar-refractivity contribution in [3.8, 4) is 0 Å². The molecule has 0 N–H and O–H groups in total. The first-order valence-corrected chi connectivity index (χ1v) is 7.24. The Kier molecular flexibility index (Phi) is 3.84. The van der Waals surface area contributed by atoms with Gasteiger partial charge in [-0.25, -0.2) is 0 Å². The molecule has 110 valence electrons. The third-order valence-corrected chi connectivity index (χ3v) is 3.81. The van der Waals surface area contributed by atoms with Crippen molar-refractivity contribution in [1.82, 2.24) is 10.1 Å². The van der Waals surface area contributed by atoms with E-state index in [0.717, 1.165) is 24.7 Å². The van der Waals surface area contributed by atoms with Gasteiger partial charge in [-0.05, 0) is 25.1 Å². The first-order chi connectivity index (χ1) is 10.1. The van der Waals surface area contributed by atoms with E-state index in [0.29, 0.717) is 23.7 Å². The molecule has 0 atom stereocenters. The molecular formula is C15H16ClN3O2. The van der Waals surface area contributed by atoms with Gasteiger partial charge in [-0.3, -0.25) is 4.79 Å². The van der Waals surface area contributed by atoms with Crippen LogP contribution >= 0.6 is 11.6 Å². The number of aromatic nitrogens is 1. The summed E-state index contributed by atoms with van der Waals surface area (Å²) in [6.07, 6.45) is 0. The van der Waals surface area contributed by atoms with Crippen molar-refractivity contribution in [2.75, 3.05) is 31.1 Å². The monoisotopic (exact) mass is 305 g/mol. The van der Waals surface area contributed by atoms with Gasteiger partial charge in [-0.1, -0.05) is 22.8 Å². The molecule has 0 radical (unpaired) electrons. The summed E-state index contributed by atoms with van der Waals surface area (Å²) in [4.78, 5) is 16.4. The van der Waals surface area contributed by atoms with Gasteiger partial charge in [-0.2, -0.15) is 0 Å². The number of benzene rings is 1. The quantitative estimate of drug-likeness (QED) is 0.856. The standard InChI is InChI=1S/C15H16ClN3O2/c1-11-9-14(17-21-11)18-5-7-19(8-6-18)15(20)12-3-2-4-13(16)10-12/h2-4,9-10H,5-8H2,1H3. The van der Waals surface area contributed by atoms with Gasteiger partial charge >= 0.3 is 0 Å². The minimum atomic E-state index is 0.0217. The third kappa shape index (κ3) is 3.03. The molecule has 0 saturated carbocycles. The average molecular weight is 306 g/mol. The maximum Gasteiger partial charge on any atom is 0.254 e. The molecule has 1 aliphatic heterocycles. The molecule has 0 aliphatic carbocycles. The van der Waals surface area contributed by atoms with Gasteiger partial charge in [0, 0.05) is 42.8 Å². The topological polar surface area (TPSA) is 49.6 Å². The molecule has 1 fully saturated rings. The maximum absolute atomic E-state index is 12.4. The SMILES string of the molecule is Cc1cc(N2CCN(C(=O)c3cccc(Cl)c3)CC2)no1. The maximum atomic E-state index is 12.4. The van der Waals surface area contributed by atoms with E-state index in [4.69, 9.17) is 16.1 Å². The Hall–Kier alpha value is -2.01. The second-order valence-electron chi connectivity index (χ2n) is 5.09. The van der Waals surface area contributed by atoms with Gasteiger partial charge in [0.15, 0.2) is 5.82 Å². The number of rotatable bonds is 2. The zero-order chi connectivity index (χ0) is 14.8. The molecule has 1 aliphatic rings. The highest BCUT2D eigenvalue weighted by Crippen LogP contribution is 2.18. The van der Waals surface area contributed by atoms with Crippen molar-refractivity contribution in [1.29, 1.82) is 0 Å². The number of aryl methyl sites for hydroxylation is 1. The Morgan fingerprint density at radius 3 is 2.62 bits per heavy atom. The molecule has 6 heteroatoms. The molecule has 1 amide bonds. The predicted molar refractivity (Wildman–Crippen MR) is 80.8 cm³/mol. The highest BCUT2D eigenvalue weighted by Gasteiger charge is 2.23. The number of hydrogen-bond acceptors (Lipinski definition) is 4. The molecule has 0 bridgehead atoms. The minimum Gasteiger partial charge on any atom is -0.360 e. The van der Waals surface area contributed by atoms with Crippen molar-refractivity contribution in [3.63, 3.8) is 0 Å². The fourth-order valence-corrected chi connectivity index (χ4v) is 2.64. The summed E-state index contributed by atoms with van der Waals surface area (Å²) in [6, 6.07) is 8.97. The van der Waals surface area contributed by atoms with E-state index in [1.807, 2.05) is 17.9 Å². The van der Waals surface area contributed by atoms with Gasteiger partial charge in [0.25, 0.3) is 5.91 Å². The summed E-state index contributed by atoms with van der Waals surface area (Å²) in [6.45, 7) is 4.69. The molecule has 5 nitrogen and oxygen atoms in total. The Bertz CT molecular complexity index is 648. The van der Waals surface area contributed by atoms with Crippen LogP contribution in [0.15, 0.2) is 34.9 Å². The van der Waals surface area contributed by atoms with Crippen LogP contribution in [0.5, 0.6) is 0 Å². The molecule has 0 unspecified atom stereocenters. The van der Waals surface area contributed by atoms with Crippen LogP contribution in [0.2, 0.25) is 5.02 Å². The second kappa shape index (κ2) is 5.77. The minimum absolute atomic E-state index is 0.0217. The van der Waals surface area contributed by atoms with E-state index in [2.05, 4.69) is 10.1 Å². The van der Waals surface area contributed by atoms with Crippen molar-refractivity contribution < 1.29 is 9.32 Å². The number of hydrogen-bond donors (Lipinski definition) is 0. The van der Waals surface area contributed by atoms with Crippen LogP contribution in [-0.2, 0) is 0 Å². The molecule has 2 heterocycles. The molecule has 2 aromatic rings. The smallest absolute Gasteiger partial charge is 0.254 e. The molecule has 1 saturated heterocycles. The lowest BCUT2D eigenvalue weighted by molar-refractivity contribution is 0.0746. The Morgan fingerprint density at radius 1 is 1.24 bits per heavy atom. The van der Waals surface area contributed by atoms with Crippen LogP contribution in [0.1, 0.15) is 16.1 Å². The number of carbonyl (C=O) groups excluding carboxylic acids is 1. The number of nitrogens with zero attached hydrogens (tertiary/aromatic N) is 3. The summed E-state index contributed by atoms with van der Waals surface area (Å²) >= 11 is 5.94. The number of carbonyl (C=O) groups is 1.